The van der Waals surface area contributed by atoms with Gasteiger partial charge >= 0.3 is 6.03 Å². The molecule has 0 saturated carbocycles. The van der Waals surface area contributed by atoms with Crippen LogP contribution in [-0.4, -0.2) is 36.6 Å². The molecule has 16 heavy (non-hydrogen) atoms. The second-order valence-corrected chi connectivity index (χ2v) is 3.85. The number of carbonyl (C=O) groups is 1. The van der Waals surface area contributed by atoms with E-state index in [-0.39, 0.29) is 11.9 Å². The zero-order valence-corrected chi connectivity index (χ0v) is 10.8. The van der Waals surface area contributed by atoms with Crippen molar-refractivity contribution in [1.29, 1.82) is 0 Å². The largest absolute Gasteiger partial charge is 0.327 e. The van der Waals surface area contributed by atoms with E-state index < -0.39 is 0 Å². The van der Waals surface area contributed by atoms with Gasteiger partial charge < -0.3 is 9.80 Å². The van der Waals surface area contributed by atoms with Crippen LogP contribution < -0.4 is 0 Å². The summed E-state index contributed by atoms with van der Waals surface area (Å²) >= 11 is 0. The highest BCUT2D eigenvalue weighted by atomic mass is 16.2. The van der Waals surface area contributed by atoms with E-state index in [1.807, 2.05) is 26.8 Å². The molecule has 0 rings (SSSR count). The monoisotopic (exact) mass is 223 g/mol. The molecule has 0 spiro atoms. The molecule has 0 atom stereocenters. The van der Waals surface area contributed by atoms with Crippen molar-refractivity contribution < 1.29 is 4.79 Å². The number of urea groups is 1. The molecule has 0 bridgehead atoms. The topological polar surface area (TPSA) is 35.9 Å². The standard InChI is InChI=1S/C12H21N3O/c1-7-8-14(5)12(16)15(6)9-11(13-4)10(2)3/h7-10H,4H2,1-3,5-6H3/b8-7-,11-9-. The third-order valence-electron chi connectivity index (χ3n) is 2.08. The molecule has 0 fully saturated rings. The van der Waals surface area contributed by atoms with Gasteiger partial charge in [0.2, 0.25) is 0 Å². The molecular formula is C12H21N3O. The van der Waals surface area contributed by atoms with E-state index in [0.717, 1.165) is 5.70 Å². The zero-order valence-electron chi connectivity index (χ0n) is 10.8. The minimum absolute atomic E-state index is 0.111. The molecule has 0 aromatic rings. The van der Waals surface area contributed by atoms with Gasteiger partial charge in [-0.25, -0.2) is 4.79 Å². The molecule has 0 aromatic heterocycles. The van der Waals surface area contributed by atoms with Gasteiger partial charge in [0.15, 0.2) is 0 Å². The SMILES string of the molecule is C=N/C(=C\N(C)C(=O)N(C)/C=C\C)C(C)C. The molecule has 0 unspecified atom stereocenters. The number of carbonyl (C=O) groups excluding carboxylic acids is 1. The van der Waals surface area contributed by atoms with Crippen LogP contribution in [0.4, 0.5) is 4.79 Å². The third kappa shape index (κ3) is 4.29. The van der Waals surface area contributed by atoms with Crippen LogP contribution in [0.25, 0.3) is 0 Å². The summed E-state index contributed by atoms with van der Waals surface area (Å²) in [6.45, 7) is 9.37. The first-order chi connectivity index (χ1) is 7.43. The highest BCUT2D eigenvalue weighted by Gasteiger charge is 2.11. The molecule has 0 aliphatic heterocycles. The van der Waals surface area contributed by atoms with E-state index in [0.29, 0.717) is 0 Å². The number of amides is 2. The van der Waals surface area contributed by atoms with Crippen molar-refractivity contribution in [3.8, 4) is 0 Å². The Balaban J connectivity index is 4.73. The molecule has 90 valence electrons. The molecule has 4 nitrogen and oxygen atoms in total. The molecule has 0 aliphatic rings. The van der Waals surface area contributed by atoms with E-state index in [1.54, 1.807) is 26.5 Å². The third-order valence-corrected chi connectivity index (χ3v) is 2.08. The van der Waals surface area contributed by atoms with Gasteiger partial charge in [0, 0.05) is 26.5 Å². The van der Waals surface area contributed by atoms with Crippen LogP contribution in [0.3, 0.4) is 0 Å². The van der Waals surface area contributed by atoms with Gasteiger partial charge in [0.05, 0.1) is 5.70 Å². The number of rotatable bonds is 4. The van der Waals surface area contributed by atoms with Gasteiger partial charge in [-0.15, -0.1) is 0 Å². The van der Waals surface area contributed by atoms with Crippen molar-refractivity contribution in [1.82, 2.24) is 9.80 Å². The van der Waals surface area contributed by atoms with Gasteiger partial charge in [0.1, 0.15) is 0 Å². The van der Waals surface area contributed by atoms with E-state index in [2.05, 4.69) is 11.7 Å². The summed E-state index contributed by atoms with van der Waals surface area (Å²) in [5, 5.41) is 0. The van der Waals surface area contributed by atoms with Crippen molar-refractivity contribution in [3.05, 3.63) is 24.2 Å². The fourth-order valence-corrected chi connectivity index (χ4v) is 1.16. The zero-order chi connectivity index (χ0) is 12.7. The lowest BCUT2D eigenvalue weighted by molar-refractivity contribution is 0.201. The van der Waals surface area contributed by atoms with E-state index in [9.17, 15) is 4.79 Å². The van der Waals surface area contributed by atoms with Crippen molar-refractivity contribution in [2.45, 2.75) is 20.8 Å². The lowest BCUT2D eigenvalue weighted by Gasteiger charge is -2.20. The van der Waals surface area contributed by atoms with Gasteiger partial charge in [0.25, 0.3) is 0 Å². The lowest BCUT2D eigenvalue weighted by atomic mass is 10.1. The maximum absolute atomic E-state index is 11.8. The molecular weight excluding hydrogens is 202 g/mol. The fraction of sp³-hybridized carbons (Fsp3) is 0.500. The van der Waals surface area contributed by atoms with Crippen LogP contribution in [0.15, 0.2) is 29.2 Å². The van der Waals surface area contributed by atoms with E-state index >= 15 is 0 Å². The second-order valence-electron chi connectivity index (χ2n) is 3.85. The van der Waals surface area contributed by atoms with Crippen molar-refractivity contribution >= 4 is 12.7 Å². The average molecular weight is 223 g/mol. The van der Waals surface area contributed by atoms with Crippen LogP contribution in [-0.2, 0) is 0 Å². The summed E-state index contributed by atoms with van der Waals surface area (Å²) < 4.78 is 0. The summed E-state index contributed by atoms with van der Waals surface area (Å²) in [5.41, 5.74) is 0.796. The smallest absolute Gasteiger partial charge is 0.304 e. The van der Waals surface area contributed by atoms with Crippen molar-refractivity contribution in [3.63, 3.8) is 0 Å². The Kier molecular flexibility index (Phi) is 6.15. The number of nitrogens with zero attached hydrogens (tertiary/aromatic N) is 3. The van der Waals surface area contributed by atoms with E-state index in [4.69, 9.17) is 0 Å². The molecule has 0 saturated heterocycles. The van der Waals surface area contributed by atoms with Crippen LogP contribution >= 0.6 is 0 Å². The Bertz CT molecular complexity index is 305. The molecule has 0 radical (unpaired) electrons. The number of hydrogen-bond donors (Lipinski definition) is 0. The summed E-state index contributed by atoms with van der Waals surface area (Å²) in [7, 11) is 3.42. The quantitative estimate of drug-likeness (QED) is 0.675. The lowest BCUT2D eigenvalue weighted by Crippen LogP contribution is -2.32. The fourth-order valence-electron chi connectivity index (χ4n) is 1.16. The Labute approximate surface area is 98.0 Å². The Morgan fingerprint density at radius 1 is 1.31 bits per heavy atom. The van der Waals surface area contributed by atoms with E-state index in [1.165, 1.54) is 9.80 Å². The number of aliphatic imine (C=N–C) groups is 1. The van der Waals surface area contributed by atoms with Crippen LogP contribution in [0.1, 0.15) is 20.8 Å². The first-order valence-corrected chi connectivity index (χ1v) is 5.24. The predicted molar refractivity (Wildman–Crippen MR) is 68.2 cm³/mol. The van der Waals surface area contributed by atoms with Gasteiger partial charge in [-0.2, -0.15) is 0 Å². The molecule has 0 aliphatic carbocycles. The van der Waals surface area contributed by atoms with Crippen LogP contribution in [0.2, 0.25) is 0 Å². The first kappa shape index (κ1) is 14.4. The maximum Gasteiger partial charge on any atom is 0.327 e. The molecule has 0 heterocycles. The normalized spacial score (nSPS) is 12.0. The van der Waals surface area contributed by atoms with Gasteiger partial charge in [-0.05, 0) is 19.6 Å². The van der Waals surface area contributed by atoms with Crippen molar-refractivity contribution in [2.75, 3.05) is 14.1 Å². The Hall–Kier alpha value is -1.58. The second kappa shape index (κ2) is 6.82. The Morgan fingerprint density at radius 3 is 2.25 bits per heavy atom. The summed E-state index contributed by atoms with van der Waals surface area (Å²) in [5.74, 6) is 0.250. The highest BCUT2D eigenvalue weighted by Crippen LogP contribution is 2.11. The maximum atomic E-state index is 11.8. The summed E-state index contributed by atoms with van der Waals surface area (Å²) in [6, 6.07) is -0.111. The molecule has 0 N–H and O–H groups in total. The average Bonchev–Trinajstić information content (AvgIpc) is 2.24. The molecule has 0 aromatic carbocycles. The highest BCUT2D eigenvalue weighted by molar-refractivity contribution is 5.76. The van der Waals surface area contributed by atoms with Crippen molar-refractivity contribution in [2.24, 2.45) is 10.9 Å². The van der Waals surface area contributed by atoms with Crippen LogP contribution in [0.5, 0.6) is 0 Å². The Morgan fingerprint density at radius 2 is 1.88 bits per heavy atom. The predicted octanol–water partition coefficient (Wildman–Crippen LogP) is 2.70. The first-order valence-electron chi connectivity index (χ1n) is 5.24. The number of hydrogen-bond acceptors (Lipinski definition) is 2. The number of allylic oxidation sites excluding steroid dienone is 2. The summed E-state index contributed by atoms with van der Waals surface area (Å²) in [4.78, 5) is 18.7. The molecule has 2 amide bonds. The van der Waals surface area contributed by atoms with Gasteiger partial charge in [-0.3, -0.25) is 4.99 Å². The minimum Gasteiger partial charge on any atom is -0.304 e. The van der Waals surface area contributed by atoms with Crippen LogP contribution in [0, 0.1) is 5.92 Å². The van der Waals surface area contributed by atoms with Gasteiger partial charge in [-0.1, -0.05) is 19.9 Å². The summed E-state index contributed by atoms with van der Waals surface area (Å²) in [6.07, 6.45) is 5.23. The minimum atomic E-state index is -0.111. The molecule has 4 heteroatoms.